The van der Waals surface area contributed by atoms with E-state index < -0.39 is 149 Å². The third kappa shape index (κ3) is 20.9. The number of aliphatic carboxylic acids is 1. The van der Waals surface area contributed by atoms with Crippen molar-refractivity contribution >= 4 is 65.0 Å². The number of carbonyl (C=O) groups excluding carboxylic acids is 10. The first-order valence-corrected chi connectivity index (χ1v) is 14.6. The van der Waals surface area contributed by atoms with E-state index in [0.29, 0.717) is 0 Å². The first kappa shape index (κ1) is 45.0. The maximum absolute atomic E-state index is 12.5. The SMILES string of the molecule is NCC(=O)NCC(=O)NCC(=O)NCC(=O)N[C@@H](CO)C(=O)N[C@@H](CO)C(=O)NCC(=O)NCC(=O)NCC(=O)NCC(=O)N[C@@H](CO)C(=O)O. The summed E-state index contributed by atoms with van der Waals surface area (Å²) in [6.45, 7) is -7.62. The number of aliphatic hydroxyl groups is 3. The lowest BCUT2D eigenvalue weighted by molar-refractivity contribution is -0.142. The van der Waals surface area contributed by atoms with Gasteiger partial charge in [-0.05, 0) is 0 Å². The summed E-state index contributed by atoms with van der Waals surface area (Å²) in [6.07, 6.45) is 0. The lowest BCUT2D eigenvalue weighted by Crippen LogP contribution is -2.57. The molecule has 0 aromatic heterocycles. The van der Waals surface area contributed by atoms with Crippen molar-refractivity contribution in [1.29, 1.82) is 0 Å². The van der Waals surface area contributed by atoms with E-state index in [1.807, 2.05) is 10.6 Å². The first-order chi connectivity index (χ1) is 24.1. The van der Waals surface area contributed by atoms with Crippen molar-refractivity contribution in [1.82, 2.24) is 53.2 Å². The minimum atomic E-state index is -1.67. The Bertz CT molecular complexity index is 1300. The summed E-state index contributed by atoms with van der Waals surface area (Å²) in [4.78, 5) is 129. The van der Waals surface area contributed by atoms with Gasteiger partial charge in [-0.3, -0.25) is 47.9 Å². The number of nitrogens with two attached hydrogens (primary N) is 1. The zero-order valence-electron chi connectivity index (χ0n) is 26.9. The van der Waals surface area contributed by atoms with Crippen molar-refractivity contribution in [2.75, 3.05) is 72.2 Å². The Kier molecular flexibility index (Phi) is 22.1. The third-order valence-electron chi connectivity index (χ3n) is 5.75. The maximum Gasteiger partial charge on any atom is 0.328 e. The second-order valence-electron chi connectivity index (χ2n) is 9.77. The second kappa shape index (κ2) is 25.0. The average molecular weight is 736 g/mol. The molecule has 51 heavy (non-hydrogen) atoms. The van der Waals surface area contributed by atoms with Gasteiger partial charge in [0.15, 0.2) is 0 Å². The van der Waals surface area contributed by atoms with Gasteiger partial charge in [-0.25, -0.2) is 4.79 Å². The second-order valence-corrected chi connectivity index (χ2v) is 9.77. The van der Waals surface area contributed by atoms with Crippen LogP contribution in [0, 0.1) is 0 Å². The van der Waals surface area contributed by atoms with Crippen LogP contribution in [0.2, 0.25) is 0 Å². The van der Waals surface area contributed by atoms with Gasteiger partial charge in [0.2, 0.25) is 59.1 Å². The average Bonchev–Trinajstić information content (AvgIpc) is 3.11. The number of aliphatic hydroxyl groups excluding tert-OH is 3. The topological polar surface area (TPSA) is 415 Å². The quantitative estimate of drug-likeness (QED) is 0.0437. The molecule has 26 heteroatoms. The Balaban J connectivity index is 4.50. The Hall–Kier alpha value is -5.99. The number of carboxylic acids is 1. The summed E-state index contributed by atoms with van der Waals surface area (Å²) >= 11 is 0. The van der Waals surface area contributed by atoms with Gasteiger partial charge in [-0.1, -0.05) is 0 Å². The molecule has 0 rings (SSSR count). The van der Waals surface area contributed by atoms with E-state index in [0.717, 1.165) is 0 Å². The van der Waals surface area contributed by atoms with Crippen LogP contribution in [-0.4, -0.2) is 176 Å². The molecular weight excluding hydrogens is 694 g/mol. The lowest BCUT2D eigenvalue weighted by atomic mass is 10.2. The van der Waals surface area contributed by atoms with Crippen LogP contribution >= 0.6 is 0 Å². The molecule has 0 spiro atoms. The number of amides is 10. The summed E-state index contributed by atoms with van der Waals surface area (Å²) in [7, 11) is 0. The van der Waals surface area contributed by atoms with E-state index in [-0.39, 0.29) is 6.54 Å². The predicted molar refractivity (Wildman–Crippen MR) is 165 cm³/mol. The summed E-state index contributed by atoms with van der Waals surface area (Å²) in [6, 6.07) is -4.90. The lowest BCUT2D eigenvalue weighted by Gasteiger charge is -2.21. The van der Waals surface area contributed by atoms with Crippen LogP contribution in [-0.2, 0) is 52.7 Å². The molecule has 0 saturated carbocycles. The van der Waals surface area contributed by atoms with Crippen molar-refractivity contribution in [3.8, 4) is 0 Å². The third-order valence-corrected chi connectivity index (χ3v) is 5.75. The highest BCUT2D eigenvalue weighted by Crippen LogP contribution is 1.90. The Morgan fingerprint density at radius 3 is 1.02 bits per heavy atom. The van der Waals surface area contributed by atoms with E-state index in [1.54, 1.807) is 0 Å². The zero-order chi connectivity index (χ0) is 38.9. The van der Waals surface area contributed by atoms with Crippen molar-refractivity contribution in [2.45, 2.75) is 18.1 Å². The van der Waals surface area contributed by atoms with Crippen LogP contribution < -0.4 is 58.9 Å². The molecular formula is C25H41N11O15. The van der Waals surface area contributed by atoms with E-state index in [4.69, 9.17) is 15.9 Å². The van der Waals surface area contributed by atoms with Gasteiger partial charge in [0, 0.05) is 0 Å². The normalized spacial score (nSPS) is 11.9. The molecule has 286 valence electrons. The van der Waals surface area contributed by atoms with Gasteiger partial charge in [-0.2, -0.15) is 0 Å². The van der Waals surface area contributed by atoms with Crippen LogP contribution in [0.3, 0.4) is 0 Å². The number of carbonyl (C=O) groups is 11. The van der Waals surface area contributed by atoms with E-state index >= 15 is 0 Å². The summed E-state index contributed by atoms with van der Waals surface area (Å²) < 4.78 is 0. The van der Waals surface area contributed by atoms with Gasteiger partial charge in [0.1, 0.15) is 18.1 Å². The fourth-order valence-corrected chi connectivity index (χ4v) is 3.09. The predicted octanol–water partition coefficient (Wildman–Crippen LogP) is -11.7. The van der Waals surface area contributed by atoms with Crippen LogP contribution in [0.1, 0.15) is 0 Å². The van der Waals surface area contributed by atoms with Crippen molar-refractivity contribution < 1.29 is 73.2 Å². The molecule has 26 nitrogen and oxygen atoms in total. The molecule has 0 fully saturated rings. The summed E-state index contributed by atoms with van der Waals surface area (Å²) in [5.41, 5.74) is 5.07. The molecule has 0 aliphatic heterocycles. The van der Waals surface area contributed by atoms with Crippen molar-refractivity contribution in [3.63, 3.8) is 0 Å². The molecule has 16 N–H and O–H groups in total. The van der Waals surface area contributed by atoms with Gasteiger partial charge in [0.25, 0.3) is 0 Å². The Labute approximate surface area is 287 Å². The fraction of sp³-hybridized carbons (Fsp3) is 0.560. The minimum absolute atomic E-state index is 0.345. The van der Waals surface area contributed by atoms with Crippen molar-refractivity contribution in [2.24, 2.45) is 5.73 Å². The number of hydrogen-bond acceptors (Lipinski definition) is 15. The first-order valence-electron chi connectivity index (χ1n) is 14.6. The Morgan fingerprint density at radius 2 is 0.686 bits per heavy atom. The van der Waals surface area contributed by atoms with E-state index in [2.05, 4.69) is 42.5 Å². The highest BCUT2D eigenvalue weighted by Gasteiger charge is 2.26. The summed E-state index contributed by atoms with van der Waals surface area (Å²) in [5.74, 6) is -10.4. The number of nitrogens with one attached hydrogen (secondary N) is 10. The number of carboxylic acid groups (broad SMARTS) is 1. The molecule has 0 aromatic rings. The highest BCUT2D eigenvalue weighted by atomic mass is 16.4. The molecule has 3 atom stereocenters. The Morgan fingerprint density at radius 1 is 0.392 bits per heavy atom. The molecule has 0 unspecified atom stereocenters. The molecule has 0 aliphatic rings. The van der Waals surface area contributed by atoms with Crippen LogP contribution in [0.4, 0.5) is 0 Å². The molecule has 0 bridgehead atoms. The minimum Gasteiger partial charge on any atom is -0.480 e. The largest absolute Gasteiger partial charge is 0.480 e. The fourth-order valence-electron chi connectivity index (χ4n) is 3.09. The summed E-state index contributed by atoms with van der Waals surface area (Å²) in [5, 5.41) is 57.4. The maximum atomic E-state index is 12.5. The molecule has 0 aliphatic carbocycles. The van der Waals surface area contributed by atoms with Crippen LogP contribution in [0.15, 0.2) is 0 Å². The molecule has 0 saturated heterocycles. The molecule has 0 aromatic carbocycles. The number of rotatable bonds is 24. The van der Waals surface area contributed by atoms with Gasteiger partial charge in [0.05, 0.1) is 72.2 Å². The molecule has 10 amide bonds. The van der Waals surface area contributed by atoms with Crippen LogP contribution in [0.25, 0.3) is 0 Å². The zero-order valence-corrected chi connectivity index (χ0v) is 26.9. The van der Waals surface area contributed by atoms with Crippen molar-refractivity contribution in [3.05, 3.63) is 0 Å². The van der Waals surface area contributed by atoms with Gasteiger partial charge in [-0.15, -0.1) is 0 Å². The molecule has 0 radical (unpaired) electrons. The van der Waals surface area contributed by atoms with Gasteiger partial charge < -0.3 is 79.3 Å². The van der Waals surface area contributed by atoms with E-state index in [9.17, 15) is 63.0 Å². The molecule has 0 heterocycles. The standard InChI is InChI=1S/C25H41N11O15/c26-1-15(40)27-2-16(41)28-4-18(43)31-7-21(46)34-13(10-38)24(49)36-12(9-37)23(48)33-6-20(45)30-3-17(42)29-5-19(44)32-8-22(47)35-14(11-39)25(50)51/h12-14,37-39H,1-11,26H2,(H,27,40)(H,28,41)(H,29,42)(H,30,45)(H,31,43)(H,32,44)(H,33,48)(H,34,46)(H,35,47)(H,36,49)(H,50,51)/t12-,13-,14-/m0/s1. The van der Waals surface area contributed by atoms with E-state index in [1.165, 1.54) is 0 Å². The number of hydrogen-bond donors (Lipinski definition) is 15. The smallest absolute Gasteiger partial charge is 0.328 e. The highest BCUT2D eigenvalue weighted by molar-refractivity contribution is 5.95. The van der Waals surface area contributed by atoms with Gasteiger partial charge >= 0.3 is 5.97 Å². The van der Waals surface area contributed by atoms with Crippen LogP contribution in [0.5, 0.6) is 0 Å². The monoisotopic (exact) mass is 735 g/mol.